The first-order valence-corrected chi connectivity index (χ1v) is 7.79. The number of nitrogens with one attached hydrogen (secondary N) is 1. The molecule has 1 aliphatic rings. The lowest BCUT2D eigenvalue weighted by Crippen LogP contribution is -2.10. The molecule has 1 N–H and O–H groups in total. The van der Waals surface area contributed by atoms with Crippen LogP contribution >= 0.6 is 0 Å². The highest BCUT2D eigenvalue weighted by atomic mass is 15.4. The lowest BCUT2D eigenvalue weighted by atomic mass is 9.90. The second kappa shape index (κ2) is 5.09. The second-order valence-corrected chi connectivity index (χ2v) is 5.92. The molecule has 112 valence electrons. The Labute approximate surface area is 129 Å². The van der Waals surface area contributed by atoms with Crippen LogP contribution in [0.1, 0.15) is 35.2 Å². The van der Waals surface area contributed by atoms with Crippen LogP contribution in [0.5, 0.6) is 0 Å². The van der Waals surface area contributed by atoms with E-state index in [1.165, 1.54) is 36.1 Å². The molecule has 0 atom stereocenters. The number of benzene rings is 1. The Hall–Kier alpha value is -2.43. The van der Waals surface area contributed by atoms with E-state index in [2.05, 4.69) is 45.5 Å². The van der Waals surface area contributed by atoms with Gasteiger partial charge in [0.05, 0.1) is 0 Å². The summed E-state index contributed by atoms with van der Waals surface area (Å²) in [5.41, 5.74) is 6.17. The molecule has 5 heteroatoms. The van der Waals surface area contributed by atoms with E-state index < -0.39 is 0 Å². The molecule has 0 unspecified atom stereocenters. The summed E-state index contributed by atoms with van der Waals surface area (Å²) in [6, 6.07) is 6.53. The maximum Gasteiger partial charge on any atom is 0.254 e. The van der Waals surface area contributed by atoms with Gasteiger partial charge in [-0.05, 0) is 56.7 Å². The maximum absolute atomic E-state index is 4.47. The van der Waals surface area contributed by atoms with Gasteiger partial charge in [0.15, 0.2) is 0 Å². The second-order valence-electron chi connectivity index (χ2n) is 5.92. The minimum atomic E-state index is 0.635. The van der Waals surface area contributed by atoms with Gasteiger partial charge < -0.3 is 5.32 Å². The molecule has 0 spiro atoms. The first-order chi connectivity index (χ1) is 10.7. The summed E-state index contributed by atoms with van der Waals surface area (Å²) in [5, 5.41) is 7.90. The number of anilines is 2. The number of fused-ring (bicyclic) bond motifs is 2. The molecule has 3 aromatic rings. The zero-order valence-electron chi connectivity index (χ0n) is 12.9. The molecule has 0 fully saturated rings. The fourth-order valence-electron chi connectivity index (χ4n) is 3.21. The monoisotopic (exact) mass is 293 g/mol. The van der Waals surface area contributed by atoms with Gasteiger partial charge in [0.25, 0.3) is 5.78 Å². The molecular weight excluding hydrogens is 274 g/mol. The fraction of sp³-hybridized carbons (Fsp3) is 0.353. The number of hydrogen-bond donors (Lipinski definition) is 1. The summed E-state index contributed by atoms with van der Waals surface area (Å²) < 4.78 is 1.78. The van der Waals surface area contributed by atoms with Gasteiger partial charge in [-0.25, -0.2) is 4.98 Å². The molecule has 0 saturated carbocycles. The van der Waals surface area contributed by atoms with Crippen molar-refractivity contribution in [2.45, 2.75) is 39.5 Å². The first kappa shape index (κ1) is 13.2. The van der Waals surface area contributed by atoms with E-state index >= 15 is 0 Å². The zero-order chi connectivity index (χ0) is 15.1. The number of hydrogen-bond acceptors (Lipinski definition) is 4. The first-order valence-electron chi connectivity index (χ1n) is 7.79. The van der Waals surface area contributed by atoms with E-state index in [0.717, 1.165) is 23.5 Å². The molecule has 22 heavy (non-hydrogen) atoms. The van der Waals surface area contributed by atoms with Gasteiger partial charge in [-0.1, -0.05) is 12.1 Å². The van der Waals surface area contributed by atoms with Crippen LogP contribution in [-0.2, 0) is 12.8 Å². The Morgan fingerprint density at radius 1 is 1.14 bits per heavy atom. The summed E-state index contributed by atoms with van der Waals surface area (Å²) in [4.78, 5) is 8.69. The van der Waals surface area contributed by atoms with Crippen molar-refractivity contribution in [2.75, 3.05) is 5.32 Å². The molecule has 1 aromatic carbocycles. The van der Waals surface area contributed by atoms with Crippen LogP contribution < -0.4 is 5.32 Å². The summed E-state index contributed by atoms with van der Waals surface area (Å²) in [7, 11) is 0. The Morgan fingerprint density at radius 2 is 2.00 bits per heavy atom. The van der Waals surface area contributed by atoms with Crippen LogP contribution in [0.4, 0.5) is 11.5 Å². The van der Waals surface area contributed by atoms with Crippen molar-refractivity contribution in [2.24, 2.45) is 0 Å². The lowest BCUT2D eigenvalue weighted by Gasteiger charge is -2.21. The van der Waals surface area contributed by atoms with Gasteiger partial charge in [-0.3, -0.25) is 0 Å². The Bertz CT molecular complexity index is 850. The van der Waals surface area contributed by atoms with Gasteiger partial charge in [-0.15, -0.1) is 0 Å². The third-order valence-corrected chi connectivity index (χ3v) is 4.56. The van der Waals surface area contributed by atoms with E-state index in [9.17, 15) is 0 Å². The van der Waals surface area contributed by atoms with Crippen molar-refractivity contribution < 1.29 is 0 Å². The predicted molar refractivity (Wildman–Crippen MR) is 86.6 cm³/mol. The molecule has 5 nitrogen and oxygen atoms in total. The quantitative estimate of drug-likeness (QED) is 0.787. The van der Waals surface area contributed by atoms with Crippen molar-refractivity contribution in [1.29, 1.82) is 0 Å². The highest BCUT2D eigenvalue weighted by Crippen LogP contribution is 2.31. The highest BCUT2D eigenvalue weighted by molar-refractivity contribution is 5.67. The normalized spacial score (nSPS) is 14.1. The highest BCUT2D eigenvalue weighted by Gasteiger charge is 2.16. The Kier molecular flexibility index (Phi) is 3.06. The molecule has 4 rings (SSSR count). The number of aromatic nitrogens is 4. The van der Waals surface area contributed by atoms with Crippen molar-refractivity contribution >= 4 is 17.3 Å². The smallest absolute Gasteiger partial charge is 0.254 e. The number of nitrogens with zero attached hydrogens (tertiary/aromatic N) is 4. The van der Waals surface area contributed by atoms with Gasteiger partial charge in [0, 0.05) is 16.9 Å². The molecule has 0 radical (unpaired) electrons. The molecule has 0 bridgehead atoms. The van der Waals surface area contributed by atoms with Gasteiger partial charge in [0.1, 0.15) is 12.1 Å². The topological polar surface area (TPSA) is 55.1 Å². The molecule has 1 aliphatic carbocycles. The minimum Gasteiger partial charge on any atom is -0.340 e. The summed E-state index contributed by atoms with van der Waals surface area (Å²) >= 11 is 0. The molecule has 2 aromatic heterocycles. The van der Waals surface area contributed by atoms with Crippen LogP contribution in [0.2, 0.25) is 0 Å². The van der Waals surface area contributed by atoms with E-state index in [1.54, 1.807) is 10.8 Å². The molecular formula is C17H19N5. The van der Waals surface area contributed by atoms with Crippen LogP contribution in [0.25, 0.3) is 5.78 Å². The van der Waals surface area contributed by atoms with Gasteiger partial charge in [-0.2, -0.15) is 14.6 Å². The SMILES string of the molecule is Cc1nc2ncnn2c(Nc2cccc3c2CCCC3)c1C. The minimum absolute atomic E-state index is 0.635. The third kappa shape index (κ3) is 2.04. The number of aryl methyl sites for hydroxylation is 2. The van der Waals surface area contributed by atoms with Crippen molar-refractivity contribution in [3.8, 4) is 0 Å². The van der Waals surface area contributed by atoms with E-state index in [0.29, 0.717) is 5.78 Å². The average Bonchev–Trinajstić information content (AvgIpc) is 3.00. The van der Waals surface area contributed by atoms with Crippen LogP contribution in [0.3, 0.4) is 0 Å². The molecule has 0 aliphatic heterocycles. The summed E-state index contributed by atoms with van der Waals surface area (Å²) in [5.74, 6) is 1.59. The average molecular weight is 293 g/mol. The lowest BCUT2D eigenvalue weighted by molar-refractivity contribution is 0.687. The Balaban J connectivity index is 1.85. The van der Waals surface area contributed by atoms with E-state index in [-0.39, 0.29) is 0 Å². The maximum atomic E-state index is 4.47. The van der Waals surface area contributed by atoms with E-state index in [4.69, 9.17) is 0 Å². The molecule has 0 amide bonds. The van der Waals surface area contributed by atoms with Crippen molar-refractivity contribution in [1.82, 2.24) is 19.6 Å². The fourth-order valence-corrected chi connectivity index (χ4v) is 3.21. The molecule has 0 saturated heterocycles. The van der Waals surface area contributed by atoms with Gasteiger partial charge in [0.2, 0.25) is 0 Å². The predicted octanol–water partition coefficient (Wildman–Crippen LogP) is 3.36. The zero-order valence-corrected chi connectivity index (χ0v) is 12.9. The van der Waals surface area contributed by atoms with E-state index in [1.807, 2.05) is 6.92 Å². The largest absolute Gasteiger partial charge is 0.340 e. The standard InChI is InChI=1S/C17H19N5/c1-11-12(2)20-17-18-10-19-22(17)16(11)21-15-9-5-7-13-6-3-4-8-14(13)15/h5,7,9-10,21H,3-4,6,8H2,1-2H3. The third-order valence-electron chi connectivity index (χ3n) is 4.56. The summed E-state index contributed by atoms with van der Waals surface area (Å²) in [6.45, 7) is 4.08. The molecule has 2 heterocycles. The van der Waals surface area contributed by atoms with Crippen molar-refractivity contribution in [3.63, 3.8) is 0 Å². The van der Waals surface area contributed by atoms with Crippen LogP contribution in [-0.4, -0.2) is 19.6 Å². The van der Waals surface area contributed by atoms with Gasteiger partial charge >= 0.3 is 0 Å². The van der Waals surface area contributed by atoms with Crippen LogP contribution in [0, 0.1) is 13.8 Å². The van der Waals surface area contributed by atoms with Crippen molar-refractivity contribution in [3.05, 3.63) is 46.9 Å². The summed E-state index contributed by atoms with van der Waals surface area (Å²) in [6.07, 6.45) is 6.42. The Morgan fingerprint density at radius 3 is 2.91 bits per heavy atom. The van der Waals surface area contributed by atoms with Crippen LogP contribution in [0.15, 0.2) is 24.5 Å². The number of rotatable bonds is 2.